The Morgan fingerprint density at radius 3 is 2.35 bits per heavy atom. The Morgan fingerprint density at radius 2 is 1.75 bits per heavy atom. The van der Waals surface area contributed by atoms with Gasteiger partial charge in [-0.05, 0) is 31.0 Å². The average Bonchev–Trinajstić information content (AvgIpc) is 2.39. The zero-order valence-corrected chi connectivity index (χ0v) is 11.9. The molecule has 2 N–H and O–H groups in total. The van der Waals surface area contributed by atoms with Crippen LogP contribution in [-0.2, 0) is 6.54 Å². The Labute approximate surface area is 119 Å². The molecular weight excluding hydrogens is 248 g/mol. The molecular formula is C17H20N2O. The predicted octanol–water partition coefficient (Wildman–Crippen LogP) is 2.76. The molecule has 3 nitrogen and oxygen atoms in total. The Kier molecular flexibility index (Phi) is 4.20. The highest BCUT2D eigenvalue weighted by atomic mass is 16.1. The van der Waals surface area contributed by atoms with Crippen LogP contribution in [0.3, 0.4) is 0 Å². The number of rotatable bonds is 4. The molecule has 0 radical (unpaired) electrons. The molecule has 2 aromatic rings. The normalized spacial score (nSPS) is 11.9. The minimum atomic E-state index is -0.398. The summed E-state index contributed by atoms with van der Waals surface area (Å²) in [6.07, 6.45) is 5.72. The summed E-state index contributed by atoms with van der Waals surface area (Å²) in [4.78, 5) is 12.0. The molecule has 0 bridgehead atoms. The summed E-state index contributed by atoms with van der Waals surface area (Å²) in [5.74, 6) is 0. The molecule has 0 aliphatic carbocycles. The van der Waals surface area contributed by atoms with E-state index in [0.29, 0.717) is 6.54 Å². The van der Waals surface area contributed by atoms with Crippen LogP contribution in [0, 0.1) is 0 Å². The average molecular weight is 268 g/mol. The summed E-state index contributed by atoms with van der Waals surface area (Å²) in [5, 5.41) is 0. The molecule has 104 valence electrons. The molecule has 0 spiro atoms. The monoisotopic (exact) mass is 268 g/mol. The third-order valence-corrected chi connectivity index (χ3v) is 2.87. The highest BCUT2D eigenvalue weighted by Crippen LogP contribution is 2.07. The lowest BCUT2D eigenvalue weighted by atomic mass is 10.1. The van der Waals surface area contributed by atoms with Crippen LogP contribution in [0.4, 0.5) is 0 Å². The van der Waals surface area contributed by atoms with Gasteiger partial charge in [0.25, 0.3) is 5.56 Å². The second-order valence-corrected chi connectivity index (χ2v) is 5.66. The first-order valence-corrected chi connectivity index (χ1v) is 6.67. The van der Waals surface area contributed by atoms with E-state index in [4.69, 9.17) is 5.73 Å². The van der Waals surface area contributed by atoms with Gasteiger partial charge in [-0.2, -0.15) is 0 Å². The van der Waals surface area contributed by atoms with E-state index in [0.717, 1.165) is 11.1 Å². The summed E-state index contributed by atoms with van der Waals surface area (Å²) in [6.45, 7) is 4.32. The van der Waals surface area contributed by atoms with Crippen molar-refractivity contribution in [2.45, 2.75) is 25.9 Å². The van der Waals surface area contributed by atoms with Crippen molar-refractivity contribution in [2.75, 3.05) is 0 Å². The van der Waals surface area contributed by atoms with Gasteiger partial charge in [0, 0.05) is 24.3 Å². The van der Waals surface area contributed by atoms with Crippen LogP contribution in [0.15, 0.2) is 53.5 Å². The van der Waals surface area contributed by atoms with Crippen LogP contribution in [0.2, 0.25) is 0 Å². The highest BCUT2D eigenvalue weighted by Gasteiger charge is 2.11. The Bertz CT molecular complexity index is 649. The molecule has 0 fully saturated rings. The fourth-order valence-corrected chi connectivity index (χ4v) is 1.95. The topological polar surface area (TPSA) is 48.0 Å². The first kappa shape index (κ1) is 14.3. The Balaban J connectivity index is 2.18. The van der Waals surface area contributed by atoms with E-state index >= 15 is 0 Å². The molecule has 0 unspecified atom stereocenters. The Hall–Kier alpha value is -2.13. The van der Waals surface area contributed by atoms with Crippen LogP contribution >= 0.6 is 0 Å². The second-order valence-electron chi connectivity index (χ2n) is 5.66. The van der Waals surface area contributed by atoms with Gasteiger partial charge in [0.05, 0.1) is 0 Å². The van der Waals surface area contributed by atoms with Gasteiger partial charge in [0.2, 0.25) is 0 Å². The molecule has 1 aromatic carbocycles. The van der Waals surface area contributed by atoms with Gasteiger partial charge >= 0.3 is 0 Å². The van der Waals surface area contributed by atoms with Crippen molar-refractivity contribution in [3.8, 4) is 0 Å². The van der Waals surface area contributed by atoms with Crippen LogP contribution in [0.25, 0.3) is 12.2 Å². The second kappa shape index (κ2) is 5.88. The number of aromatic nitrogens is 1. The van der Waals surface area contributed by atoms with Crippen molar-refractivity contribution in [1.29, 1.82) is 0 Å². The third-order valence-electron chi connectivity index (χ3n) is 2.87. The fraction of sp³-hybridized carbons (Fsp3) is 0.235. The molecule has 1 aromatic heterocycles. The maximum absolute atomic E-state index is 12.0. The van der Waals surface area contributed by atoms with Crippen LogP contribution < -0.4 is 11.3 Å². The molecule has 0 atom stereocenters. The lowest BCUT2D eigenvalue weighted by molar-refractivity contribution is 0.426. The maximum Gasteiger partial charge on any atom is 0.251 e. The lowest BCUT2D eigenvalue weighted by Gasteiger charge is -2.19. The minimum absolute atomic E-state index is 0.0289. The zero-order valence-electron chi connectivity index (χ0n) is 11.9. The van der Waals surface area contributed by atoms with E-state index < -0.39 is 5.54 Å². The van der Waals surface area contributed by atoms with Gasteiger partial charge in [0.15, 0.2) is 0 Å². The molecule has 2 rings (SSSR count). The summed E-state index contributed by atoms with van der Waals surface area (Å²) in [6, 6.07) is 13.6. The molecule has 0 aliphatic heterocycles. The van der Waals surface area contributed by atoms with Crippen molar-refractivity contribution < 1.29 is 0 Å². The van der Waals surface area contributed by atoms with E-state index in [-0.39, 0.29) is 5.56 Å². The first-order valence-electron chi connectivity index (χ1n) is 6.67. The maximum atomic E-state index is 12.0. The van der Waals surface area contributed by atoms with Gasteiger partial charge in [0.1, 0.15) is 0 Å². The number of nitrogens with zero attached hydrogens (tertiary/aromatic N) is 1. The van der Waals surface area contributed by atoms with Gasteiger partial charge < -0.3 is 10.3 Å². The van der Waals surface area contributed by atoms with E-state index in [2.05, 4.69) is 0 Å². The third kappa shape index (κ3) is 4.21. The minimum Gasteiger partial charge on any atom is -0.324 e. The number of hydrogen-bond donors (Lipinski definition) is 1. The lowest BCUT2D eigenvalue weighted by Crippen LogP contribution is -2.40. The largest absolute Gasteiger partial charge is 0.324 e. The fourth-order valence-electron chi connectivity index (χ4n) is 1.95. The predicted molar refractivity (Wildman–Crippen MR) is 84.3 cm³/mol. The van der Waals surface area contributed by atoms with Crippen LogP contribution in [0.1, 0.15) is 25.0 Å². The molecule has 3 heteroatoms. The number of pyridine rings is 1. The SMILES string of the molecule is CC(C)(N)Cn1ccc(/C=C/c2ccccc2)cc1=O. The quantitative estimate of drug-likeness (QED) is 0.927. The van der Waals surface area contributed by atoms with Gasteiger partial charge in [-0.3, -0.25) is 4.79 Å². The zero-order chi connectivity index (χ0) is 14.6. The summed E-state index contributed by atoms with van der Waals surface area (Å²) >= 11 is 0. The Morgan fingerprint density at radius 1 is 1.10 bits per heavy atom. The van der Waals surface area contributed by atoms with E-state index in [1.165, 1.54) is 0 Å². The summed E-state index contributed by atoms with van der Waals surface area (Å²) in [7, 11) is 0. The number of nitrogens with two attached hydrogens (primary N) is 1. The number of benzene rings is 1. The standard InChI is InChI=1S/C17H20N2O/c1-17(2,18)13-19-11-10-15(12-16(19)20)9-8-14-6-4-3-5-7-14/h3-12H,13,18H2,1-2H3/b9-8+. The van der Waals surface area contributed by atoms with Crippen LogP contribution in [-0.4, -0.2) is 10.1 Å². The van der Waals surface area contributed by atoms with Crippen molar-refractivity contribution in [3.63, 3.8) is 0 Å². The molecule has 20 heavy (non-hydrogen) atoms. The molecule has 0 saturated carbocycles. The van der Waals surface area contributed by atoms with E-state index in [1.807, 2.05) is 62.4 Å². The molecule has 1 heterocycles. The smallest absolute Gasteiger partial charge is 0.251 e. The van der Waals surface area contributed by atoms with Crippen molar-refractivity contribution in [2.24, 2.45) is 5.73 Å². The van der Waals surface area contributed by atoms with Gasteiger partial charge in [-0.15, -0.1) is 0 Å². The van der Waals surface area contributed by atoms with Crippen molar-refractivity contribution >= 4 is 12.2 Å². The van der Waals surface area contributed by atoms with Gasteiger partial charge in [-0.1, -0.05) is 42.5 Å². The van der Waals surface area contributed by atoms with Crippen LogP contribution in [0.5, 0.6) is 0 Å². The molecule has 0 saturated heterocycles. The molecule has 0 aliphatic rings. The summed E-state index contributed by atoms with van der Waals surface area (Å²) in [5.41, 5.74) is 7.51. The van der Waals surface area contributed by atoms with E-state index in [1.54, 1.807) is 16.8 Å². The first-order chi connectivity index (χ1) is 9.44. The van der Waals surface area contributed by atoms with E-state index in [9.17, 15) is 4.79 Å². The van der Waals surface area contributed by atoms with Crippen molar-refractivity contribution in [3.05, 3.63) is 70.1 Å². The highest BCUT2D eigenvalue weighted by molar-refractivity contribution is 5.69. The molecule has 0 amide bonds. The van der Waals surface area contributed by atoms with Crippen molar-refractivity contribution in [1.82, 2.24) is 4.57 Å². The number of hydrogen-bond acceptors (Lipinski definition) is 2. The van der Waals surface area contributed by atoms with Gasteiger partial charge in [-0.25, -0.2) is 0 Å². The summed E-state index contributed by atoms with van der Waals surface area (Å²) < 4.78 is 1.64.